The van der Waals surface area contributed by atoms with E-state index in [9.17, 15) is 17.3 Å². The summed E-state index contributed by atoms with van der Waals surface area (Å²) >= 11 is 0. The van der Waals surface area contributed by atoms with Crippen LogP contribution in [0.1, 0.15) is 20.3 Å². The van der Waals surface area contributed by atoms with Crippen molar-refractivity contribution in [3.8, 4) is 0 Å². The number of halogens is 4. The molecule has 0 saturated heterocycles. The normalized spacial score (nSPS) is 18.2. The van der Waals surface area contributed by atoms with Gasteiger partial charge in [0, 0.05) is 29.7 Å². The molecular weight excluding hydrogens is 255 g/mol. The summed E-state index contributed by atoms with van der Waals surface area (Å²) in [5.41, 5.74) is 5.45. The van der Waals surface area contributed by atoms with E-state index in [2.05, 4.69) is 56.7 Å². The molecule has 0 aromatic rings. The predicted octanol–water partition coefficient (Wildman–Crippen LogP) is 5.21. The molecule has 2 aliphatic carbocycles. The Morgan fingerprint density at radius 1 is 0.947 bits per heavy atom. The highest BCUT2D eigenvalue weighted by Crippen LogP contribution is 2.23. The van der Waals surface area contributed by atoms with E-state index in [0.29, 0.717) is 0 Å². The molecule has 0 saturated carbocycles. The van der Waals surface area contributed by atoms with Crippen LogP contribution in [0.25, 0.3) is 0 Å². The highest BCUT2D eigenvalue weighted by molar-refractivity contribution is 6.50. The first kappa shape index (κ1) is 15.4. The monoisotopic (exact) mass is 270 g/mol. The first-order valence-corrected chi connectivity index (χ1v) is 5.89. The smallest absolute Gasteiger partial charge is 0.418 e. The molecule has 19 heavy (non-hydrogen) atoms. The van der Waals surface area contributed by atoms with Crippen LogP contribution in [0.4, 0.5) is 17.3 Å². The van der Waals surface area contributed by atoms with Crippen LogP contribution in [0.3, 0.4) is 0 Å². The molecule has 0 heterocycles. The minimum Gasteiger partial charge on any atom is -0.418 e. The molecule has 0 spiro atoms. The van der Waals surface area contributed by atoms with Crippen LogP contribution >= 0.6 is 0 Å². The quantitative estimate of drug-likeness (QED) is 0.322. The molecule has 0 aromatic heterocycles. The highest BCUT2D eigenvalue weighted by Gasteiger charge is 2.20. The average molecular weight is 270 g/mol. The van der Waals surface area contributed by atoms with E-state index < -0.39 is 7.25 Å². The summed E-state index contributed by atoms with van der Waals surface area (Å²) in [6.45, 7) is 4.31. The van der Waals surface area contributed by atoms with Crippen LogP contribution in [0, 0.1) is 6.42 Å². The summed E-state index contributed by atoms with van der Waals surface area (Å²) in [7, 11) is -6.00. The third-order valence-electron chi connectivity index (χ3n) is 2.42. The Morgan fingerprint density at radius 2 is 1.53 bits per heavy atom. The summed E-state index contributed by atoms with van der Waals surface area (Å²) in [6, 6.07) is 0. The topological polar surface area (TPSA) is 0 Å². The highest BCUT2D eigenvalue weighted by atomic mass is 19.5. The zero-order chi connectivity index (χ0) is 14.5. The number of allylic oxidation sites excluding steroid dienone is 10. The molecule has 0 atom stereocenters. The van der Waals surface area contributed by atoms with E-state index >= 15 is 0 Å². The molecule has 102 valence electrons. The molecule has 2 aliphatic rings. The van der Waals surface area contributed by atoms with Gasteiger partial charge >= 0.3 is 7.25 Å². The number of rotatable bonds is 0. The Hall–Kier alpha value is -1.65. The number of hydrogen-bond acceptors (Lipinski definition) is 0. The summed E-state index contributed by atoms with van der Waals surface area (Å²) in [4.78, 5) is 0. The van der Waals surface area contributed by atoms with E-state index in [0.717, 1.165) is 6.42 Å². The molecule has 0 aliphatic heterocycles. The van der Waals surface area contributed by atoms with E-state index in [1.54, 1.807) is 0 Å². The van der Waals surface area contributed by atoms with E-state index in [1.807, 2.05) is 0 Å². The summed E-state index contributed by atoms with van der Waals surface area (Å²) < 4.78 is 39.0. The fourth-order valence-corrected chi connectivity index (χ4v) is 1.94. The maximum Gasteiger partial charge on any atom is 0.673 e. The molecule has 0 N–H and O–H groups in total. The average Bonchev–Trinajstić information content (AvgIpc) is 2.39. The SMILES string of the molecule is CC1=CC(C)=CC2=C[CH+]C=CC(=C1)C2.F[B-](F)(F)F. The molecular formula is C14H15BF4. The van der Waals surface area contributed by atoms with Crippen molar-refractivity contribution in [2.45, 2.75) is 20.3 Å². The molecule has 5 heteroatoms. The lowest BCUT2D eigenvalue weighted by molar-refractivity contribution is 0.368. The van der Waals surface area contributed by atoms with Crippen LogP contribution in [0.5, 0.6) is 0 Å². The van der Waals surface area contributed by atoms with Gasteiger partial charge in [0.2, 0.25) is 0 Å². The zero-order valence-electron chi connectivity index (χ0n) is 10.8. The van der Waals surface area contributed by atoms with E-state index in [-0.39, 0.29) is 0 Å². The maximum atomic E-state index is 9.75. The summed E-state index contributed by atoms with van der Waals surface area (Å²) in [6.07, 6.45) is 16.4. The zero-order valence-corrected chi connectivity index (χ0v) is 10.8. The van der Waals surface area contributed by atoms with Crippen molar-refractivity contribution in [3.63, 3.8) is 0 Å². The van der Waals surface area contributed by atoms with Gasteiger partial charge in [-0.25, -0.2) is 0 Å². The van der Waals surface area contributed by atoms with Gasteiger partial charge in [0.1, 0.15) is 0 Å². The fourth-order valence-electron chi connectivity index (χ4n) is 1.94. The first-order chi connectivity index (χ1) is 8.74. The summed E-state index contributed by atoms with van der Waals surface area (Å²) in [5.74, 6) is 0. The van der Waals surface area contributed by atoms with Crippen molar-refractivity contribution in [1.82, 2.24) is 0 Å². The standard InChI is InChI=1S/C14H15.BF4/c1-11-7-12(2)9-14-6-4-3-5-13(8-11)10-14;2-1(3,4)5/h3-9H,10H2,1-2H3;/q+1;-1. The second kappa shape index (κ2) is 6.50. The van der Waals surface area contributed by atoms with Crippen molar-refractivity contribution in [2.24, 2.45) is 0 Å². The van der Waals surface area contributed by atoms with Gasteiger partial charge in [-0.2, -0.15) is 0 Å². The molecule has 0 aromatic carbocycles. The largest absolute Gasteiger partial charge is 0.673 e. The second-order valence-electron chi connectivity index (χ2n) is 4.46. The minimum atomic E-state index is -6.00. The third kappa shape index (κ3) is 7.39. The molecule has 0 amide bonds. The van der Waals surface area contributed by atoms with Gasteiger partial charge in [0.05, 0.1) is 12.5 Å². The van der Waals surface area contributed by atoms with Crippen LogP contribution in [0.15, 0.2) is 58.7 Å². The Balaban J connectivity index is 0.000000312. The van der Waals surface area contributed by atoms with Crippen LogP contribution in [-0.2, 0) is 0 Å². The molecule has 0 nitrogen and oxygen atoms in total. The minimum absolute atomic E-state index is 1.05. The number of fused-ring (bicyclic) bond motifs is 2. The second-order valence-corrected chi connectivity index (χ2v) is 4.46. The lowest BCUT2D eigenvalue weighted by Gasteiger charge is -2.03. The van der Waals surface area contributed by atoms with E-state index in [1.165, 1.54) is 22.3 Å². The van der Waals surface area contributed by atoms with Gasteiger partial charge < -0.3 is 17.3 Å². The molecule has 0 fully saturated rings. The Morgan fingerprint density at radius 3 is 2.16 bits per heavy atom. The lowest BCUT2D eigenvalue weighted by atomic mass is 9.98. The van der Waals surface area contributed by atoms with Gasteiger partial charge in [0.25, 0.3) is 0 Å². The third-order valence-corrected chi connectivity index (χ3v) is 2.42. The predicted molar refractivity (Wildman–Crippen MR) is 71.9 cm³/mol. The van der Waals surface area contributed by atoms with Gasteiger partial charge in [-0.3, -0.25) is 0 Å². The summed E-state index contributed by atoms with van der Waals surface area (Å²) in [5, 5.41) is 0. The van der Waals surface area contributed by atoms with Crippen molar-refractivity contribution < 1.29 is 17.3 Å². The molecule has 0 unspecified atom stereocenters. The van der Waals surface area contributed by atoms with Crippen molar-refractivity contribution in [2.75, 3.05) is 0 Å². The molecule has 0 radical (unpaired) electrons. The first-order valence-electron chi connectivity index (χ1n) is 5.89. The molecule has 2 rings (SSSR count). The van der Waals surface area contributed by atoms with Crippen molar-refractivity contribution in [3.05, 3.63) is 65.2 Å². The van der Waals surface area contributed by atoms with Crippen LogP contribution in [0.2, 0.25) is 0 Å². The Bertz CT molecular complexity index is 467. The van der Waals surface area contributed by atoms with Gasteiger partial charge in [-0.1, -0.05) is 6.08 Å². The Kier molecular flexibility index (Phi) is 5.27. The maximum absolute atomic E-state index is 9.75. The van der Waals surface area contributed by atoms with Gasteiger partial charge in [0.15, 0.2) is 0 Å². The lowest BCUT2D eigenvalue weighted by Crippen LogP contribution is -2.02. The van der Waals surface area contributed by atoms with E-state index in [4.69, 9.17) is 0 Å². The van der Waals surface area contributed by atoms with Crippen LogP contribution < -0.4 is 0 Å². The van der Waals surface area contributed by atoms with Gasteiger partial charge in [-0.15, -0.1) is 0 Å². The van der Waals surface area contributed by atoms with Gasteiger partial charge in [-0.05, 0) is 37.1 Å². The molecule has 2 bridgehead atoms. The van der Waals surface area contributed by atoms with Crippen molar-refractivity contribution >= 4 is 7.25 Å². The number of hydrogen-bond donors (Lipinski definition) is 0. The fraction of sp³-hybridized carbons (Fsp3) is 0.214. The Labute approximate surface area is 111 Å². The van der Waals surface area contributed by atoms with Crippen molar-refractivity contribution in [1.29, 1.82) is 0 Å². The van der Waals surface area contributed by atoms with Crippen LogP contribution in [-0.4, -0.2) is 7.25 Å².